The quantitative estimate of drug-likeness (QED) is 0.859. The van der Waals surface area contributed by atoms with Gasteiger partial charge in [-0.15, -0.1) is 0 Å². The van der Waals surface area contributed by atoms with Crippen molar-refractivity contribution in [2.75, 3.05) is 19.6 Å². The lowest BCUT2D eigenvalue weighted by atomic mass is 9.93. The van der Waals surface area contributed by atoms with Crippen LogP contribution in [0.2, 0.25) is 5.15 Å². The molecule has 1 N–H and O–H groups in total. The van der Waals surface area contributed by atoms with Crippen LogP contribution in [0.5, 0.6) is 0 Å². The van der Waals surface area contributed by atoms with E-state index in [0.29, 0.717) is 11.2 Å². The third kappa shape index (κ3) is 2.62. The van der Waals surface area contributed by atoms with E-state index in [9.17, 15) is 0 Å². The number of likely N-dealkylation sites (tertiary alicyclic amines) is 1. The zero-order chi connectivity index (χ0) is 13.4. The summed E-state index contributed by atoms with van der Waals surface area (Å²) in [5.41, 5.74) is 0.948. The largest absolute Gasteiger partial charge is 0.316 e. The Morgan fingerprint density at radius 2 is 2.26 bits per heavy atom. The fraction of sp³-hybridized carbons (Fsp3) is 0.714. The van der Waals surface area contributed by atoms with Crippen molar-refractivity contribution in [2.45, 2.75) is 32.9 Å². The Balaban J connectivity index is 1.75. The van der Waals surface area contributed by atoms with Gasteiger partial charge in [-0.1, -0.05) is 18.5 Å². The molecule has 4 nitrogen and oxygen atoms in total. The van der Waals surface area contributed by atoms with Crippen LogP contribution in [0.1, 0.15) is 24.9 Å². The molecule has 3 heterocycles. The van der Waals surface area contributed by atoms with Crippen LogP contribution < -0.4 is 5.32 Å². The van der Waals surface area contributed by atoms with Crippen molar-refractivity contribution in [3.8, 4) is 0 Å². The Bertz CT molecular complexity index is 445. The third-order valence-corrected chi connectivity index (χ3v) is 4.65. The number of nitrogens with one attached hydrogen (secondary N) is 1. The first kappa shape index (κ1) is 13.3. The fourth-order valence-electron chi connectivity index (χ4n) is 3.69. The lowest BCUT2D eigenvalue weighted by molar-refractivity contribution is 0.205. The normalized spacial score (nSPS) is 30.8. The van der Waals surface area contributed by atoms with Crippen LogP contribution >= 0.6 is 11.6 Å². The lowest BCUT2D eigenvalue weighted by Crippen LogP contribution is -2.35. The monoisotopic (exact) mass is 280 g/mol. The molecule has 0 spiro atoms. The van der Waals surface area contributed by atoms with Gasteiger partial charge in [0.1, 0.15) is 11.0 Å². The molecule has 0 saturated carbocycles. The van der Waals surface area contributed by atoms with Crippen LogP contribution in [0.25, 0.3) is 0 Å². The maximum Gasteiger partial charge on any atom is 0.144 e. The maximum atomic E-state index is 6.02. The van der Waals surface area contributed by atoms with Gasteiger partial charge in [0.05, 0.1) is 6.54 Å². The van der Waals surface area contributed by atoms with Crippen LogP contribution in [-0.2, 0) is 6.54 Å². The second-order valence-electron chi connectivity index (χ2n) is 5.74. The number of fused-ring (bicyclic) bond motifs is 1. The molecule has 2 aliphatic rings. The predicted molar refractivity (Wildman–Crippen MR) is 76.1 cm³/mol. The van der Waals surface area contributed by atoms with Crippen molar-refractivity contribution in [3.05, 3.63) is 22.7 Å². The summed E-state index contributed by atoms with van der Waals surface area (Å²) in [4.78, 5) is 11.4. The predicted octanol–water partition coefficient (Wildman–Crippen LogP) is 1.87. The minimum atomic E-state index is 0.552. The van der Waals surface area contributed by atoms with Gasteiger partial charge in [-0.2, -0.15) is 0 Å². The summed E-state index contributed by atoms with van der Waals surface area (Å²) in [7, 11) is 0. The number of hydrogen-bond acceptors (Lipinski definition) is 4. The molecule has 1 aromatic rings. The Kier molecular flexibility index (Phi) is 3.74. The second kappa shape index (κ2) is 5.35. The molecule has 0 amide bonds. The first-order valence-electron chi connectivity index (χ1n) is 7.12. The average Bonchev–Trinajstić information content (AvgIpc) is 2.87. The first-order valence-corrected chi connectivity index (χ1v) is 7.50. The number of aryl methyl sites for hydroxylation is 1. The smallest absolute Gasteiger partial charge is 0.144 e. The van der Waals surface area contributed by atoms with Gasteiger partial charge < -0.3 is 5.32 Å². The molecule has 5 heteroatoms. The van der Waals surface area contributed by atoms with Gasteiger partial charge in [0.15, 0.2) is 0 Å². The van der Waals surface area contributed by atoms with Crippen molar-refractivity contribution in [3.63, 3.8) is 0 Å². The summed E-state index contributed by atoms with van der Waals surface area (Å²) in [5.74, 6) is 2.45. The van der Waals surface area contributed by atoms with E-state index in [1.807, 2.05) is 13.0 Å². The molecule has 3 unspecified atom stereocenters. The molecule has 0 aliphatic carbocycles. The van der Waals surface area contributed by atoms with Gasteiger partial charge in [0, 0.05) is 18.3 Å². The van der Waals surface area contributed by atoms with Gasteiger partial charge in [-0.3, -0.25) is 4.90 Å². The van der Waals surface area contributed by atoms with E-state index in [1.165, 1.54) is 6.42 Å². The number of hydrogen-bond donors (Lipinski definition) is 1. The van der Waals surface area contributed by atoms with E-state index in [1.54, 1.807) is 0 Å². The Hall–Kier alpha value is -0.710. The minimum absolute atomic E-state index is 0.552. The van der Waals surface area contributed by atoms with Crippen LogP contribution in [0.4, 0.5) is 0 Å². The van der Waals surface area contributed by atoms with Crippen LogP contribution in [-0.4, -0.2) is 40.5 Å². The number of rotatable bonds is 3. The summed E-state index contributed by atoms with van der Waals surface area (Å²) in [6.45, 7) is 8.56. The number of halogens is 1. The molecule has 19 heavy (non-hydrogen) atoms. The zero-order valence-corrected chi connectivity index (χ0v) is 12.3. The van der Waals surface area contributed by atoms with Gasteiger partial charge >= 0.3 is 0 Å². The van der Waals surface area contributed by atoms with E-state index in [0.717, 1.165) is 49.5 Å². The highest BCUT2D eigenvalue weighted by molar-refractivity contribution is 6.29. The standard InChI is InChI=1S/C14H21ClN4/c1-3-12-11-6-16-5-10(11)7-19(12)8-14-17-9(2)4-13(15)18-14/h4,10-12,16H,3,5-8H2,1-2H3. The van der Waals surface area contributed by atoms with Crippen molar-refractivity contribution in [1.29, 1.82) is 0 Å². The van der Waals surface area contributed by atoms with Gasteiger partial charge in [-0.05, 0) is 44.3 Å². The summed E-state index contributed by atoms with van der Waals surface area (Å²) in [5, 5.41) is 4.06. The fourth-order valence-corrected chi connectivity index (χ4v) is 3.95. The van der Waals surface area contributed by atoms with Crippen LogP contribution in [0.3, 0.4) is 0 Å². The third-order valence-electron chi connectivity index (χ3n) is 4.46. The molecule has 2 aliphatic heterocycles. The summed E-state index contributed by atoms with van der Waals surface area (Å²) in [6.07, 6.45) is 1.20. The van der Waals surface area contributed by atoms with Crippen LogP contribution in [0, 0.1) is 18.8 Å². The molecule has 0 radical (unpaired) electrons. The molecule has 2 saturated heterocycles. The van der Waals surface area contributed by atoms with E-state index in [4.69, 9.17) is 11.6 Å². The van der Waals surface area contributed by atoms with E-state index < -0.39 is 0 Å². The van der Waals surface area contributed by atoms with Crippen molar-refractivity contribution in [2.24, 2.45) is 11.8 Å². The SMILES string of the molecule is CCC1C2CNCC2CN1Cc1nc(C)cc(Cl)n1. The van der Waals surface area contributed by atoms with Crippen molar-refractivity contribution < 1.29 is 0 Å². The minimum Gasteiger partial charge on any atom is -0.316 e. The summed E-state index contributed by atoms with van der Waals surface area (Å²) >= 11 is 6.02. The number of aromatic nitrogens is 2. The zero-order valence-electron chi connectivity index (χ0n) is 11.6. The first-order chi connectivity index (χ1) is 9.17. The van der Waals surface area contributed by atoms with E-state index in [2.05, 4.69) is 27.1 Å². The molecule has 3 rings (SSSR count). The molecular formula is C14H21ClN4. The highest BCUT2D eigenvalue weighted by atomic mass is 35.5. The Morgan fingerprint density at radius 3 is 3.00 bits per heavy atom. The van der Waals surface area contributed by atoms with E-state index >= 15 is 0 Å². The average molecular weight is 281 g/mol. The molecule has 0 aromatic carbocycles. The topological polar surface area (TPSA) is 41.0 Å². The highest BCUT2D eigenvalue weighted by Crippen LogP contribution is 2.34. The summed E-state index contributed by atoms with van der Waals surface area (Å²) < 4.78 is 0. The molecule has 2 fully saturated rings. The van der Waals surface area contributed by atoms with Crippen LogP contribution in [0.15, 0.2) is 6.07 Å². The molecular weight excluding hydrogens is 260 g/mol. The van der Waals surface area contributed by atoms with Crippen molar-refractivity contribution in [1.82, 2.24) is 20.2 Å². The van der Waals surface area contributed by atoms with Gasteiger partial charge in [-0.25, -0.2) is 9.97 Å². The highest BCUT2D eigenvalue weighted by Gasteiger charge is 2.43. The molecule has 3 atom stereocenters. The molecule has 0 bridgehead atoms. The van der Waals surface area contributed by atoms with Gasteiger partial charge in [0.25, 0.3) is 0 Å². The maximum absolute atomic E-state index is 6.02. The second-order valence-corrected chi connectivity index (χ2v) is 6.12. The Morgan fingerprint density at radius 1 is 1.42 bits per heavy atom. The van der Waals surface area contributed by atoms with Crippen molar-refractivity contribution >= 4 is 11.6 Å². The number of nitrogens with zero attached hydrogens (tertiary/aromatic N) is 3. The molecule has 1 aromatic heterocycles. The Labute approximate surface area is 119 Å². The van der Waals surface area contributed by atoms with E-state index in [-0.39, 0.29) is 0 Å². The lowest BCUT2D eigenvalue weighted by Gasteiger charge is -2.26. The van der Waals surface area contributed by atoms with Gasteiger partial charge in [0.2, 0.25) is 0 Å². The summed E-state index contributed by atoms with van der Waals surface area (Å²) in [6, 6.07) is 2.47. The molecule has 104 valence electrons.